The lowest BCUT2D eigenvalue weighted by molar-refractivity contribution is 0.0948. The van der Waals surface area contributed by atoms with Gasteiger partial charge in [0.1, 0.15) is 5.75 Å². The van der Waals surface area contributed by atoms with Gasteiger partial charge in [-0.1, -0.05) is 35.3 Å². The SMILES string of the molecule is Cc1cc(Cl)cc(Cl)c1CNC(=O)c1ccccc1O. The monoisotopic (exact) mass is 309 g/mol. The van der Waals surface area contributed by atoms with Gasteiger partial charge >= 0.3 is 0 Å². The Bertz CT molecular complexity index is 633. The van der Waals surface area contributed by atoms with Crippen LogP contribution in [0.15, 0.2) is 36.4 Å². The average Bonchev–Trinajstić information content (AvgIpc) is 2.37. The van der Waals surface area contributed by atoms with Crippen LogP contribution in [0.25, 0.3) is 0 Å². The highest BCUT2D eigenvalue weighted by Crippen LogP contribution is 2.25. The maximum Gasteiger partial charge on any atom is 0.255 e. The molecular weight excluding hydrogens is 297 g/mol. The Morgan fingerprint density at radius 1 is 1.25 bits per heavy atom. The Labute approximate surface area is 127 Å². The van der Waals surface area contributed by atoms with Gasteiger partial charge < -0.3 is 10.4 Å². The zero-order valence-corrected chi connectivity index (χ0v) is 12.3. The van der Waals surface area contributed by atoms with E-state index in [0.29, 0.717) is 10.0 Å². The van der Waals surface area contributed by atoms with Crippen LogP contribution in [0.4, 0.5) is 0 Å². The molecular formula is C15H13Cl2NO2. The predicted molar refractivity (Wildman–Crippen MR) is 80.5 cm³/mol. The van der Waals surface area contributed by atoms with Gasteiger partial charge in [0.25, 0.3) is 5.91 Å². The van der Waals surface area contributed by atoms with Crippen molar-refractivity contribution in [2.24, 2.45) is 0 Å². The summed E-state index contributed by atoms with van der Waals surface area (Å²) < 4.78 is 0. The minimum atomic E-state index is -0.353. The molecule has 0 saturated carbocycles. The first-order valence-corrected chi connectivity index (χ1v) is 6.75. The number of hydrogen-bond acceptors (Lipinski definition) is 2. The second kappa shape index (κ2) is 6.16. The van der Waals surface area contributed by atoms with Gasteiger partial charge in [0.15, 0.2) is 0 Å². The van der Waals surface area contributed by atoms with Crippen molar-refractivity contribution in [3.05, 3.63) is 63.1 Å². The van der Waals surface area contributed by atoms with Crippen LogP contribution in [0, 0.1) is 6.92 Å². The van der Waals surface area contributed by atoms with E-state index in [9.17, 15) is 9.90 Å². The fraction of sp³-hybridized carbons (Fsp3) is 0.133. The number of halogens is 2. The zero-order chi connectivity index (χ0) is 14.7. The van der Waals surface area contributed by atoms with E-state index in [1.807, 2.05) is 6.92 Å². The van der Waals surface area contributed by atoms with Gasteiger partial charge in [-0.15, -0.1) is 0 Å². The molecule has 0 bridgehead atoms. The summed E-state index contributed by atoms with van der Waals surface area (Å²) in [6.07, 6.45) is 0. The topological polar surface area (TPSA) is 49.3 Å². The highest BCUT2D eigenvalue weighted by atomic mass is 35.5. The molecule has 2 aromatic rings. The summed E-state index contributed by atoms with van der Waals surface area (Å²) in [7, 11) is 0. The molecule has 1 amide bonds. The van der Waals surface area contributed by atoms with Crippen molar-refractivity contribution in [1.29, 1.82) is 0 Å². The van der Waals surface area contributed by atoms with Crippen LogP contribution in [0.3, 0.4) is 0 Å². The zero-order valence-electron chi connectivity index (χ0n) is 10.8. The smallest absolute Gasteiger partial charge is 0.255 e. The van der Waals surface area contributed by atoms with Crippen molar-refractivity contribution in [3.63, 3.8) is 0 Å². The number of phenolic OH excluding ortho intramolecular Hbond substituents is 1. The molecule has 0 aromatic heterocycles. The summed E-state index contributed by atoms with van der Waals surface area (Å²) in [5.74, 6) is -0.405. The van der Waals surface area contributed by atoms with Gasteiger partial charge in [0.05, 0.1) is 5.56 Å². The molecule has 2 N–H and O–H groups in total. The van der Waals surface area contributed by atoms with Crippen LogP contribution in [0.2, 0.25) is 10.0 Å². The standard InChI is InChI=1S/C15H13Cl2NO2/c1-9-6-10(16)7-13(17)12(9)8-18-15(20)11-4-2-3-5-14(11)19/h2-7,19H,8H2,1H3,(H,18,20). The molecule has 0 heterocycles. The molecule has 0 saturated heterocycles. The van der Waals surface area contributed by atoms with E-state index < -0.39 is 0 Å². The van der Waals surface area contributed by atoms with Crippen LogP contribution in [-0.4, -0.2) is 11.0 Å². The van der Waals surface area contributed by atoms with Gasteiger partial charge in [0.2, 0.25) is 0 Å². The van der Waals surface area contributed by atoms with E-state index in [0.717, 1.165) is 11.1 Å². The van der Waals surface area contributed by atoms with Crippen molar-refractivity contribution in [2.75, 3.05) is 0 Å². The summed E-state index contributed by atoms with van der Waals surface area (Å²) >= 11 is 12.0. The maximum atomic E-state index is 12.0. The van der Waals surface area contributed by atoms with E-state index >= 15 is 0 Å². The van der Waals surface area contributed by atoms with Crippen molar-refractivity contribution < 1.29 is 9.90 Å². The second-order valence-corrected chi connectivity index (χ2v) is 5.23. The Balaban J connectivity index is 2.14. The average molecular weight is 310 g/mol. The van der Waals surface area contributed by atoms with Crippen LogP contribution < -0.4 is 5.32 Å². The van der Waals surface area contributed by atoms with Crippen molar-refractivity contribution in [3.8, 4) is 5.75 Å². The number of hydrogen-bond donors (Lipinski definition) is 2. The number of rotatable bonds is 3. The van der Waals surface area contributed by atoms with Crippen LogP contribution >= 0.6 is 23.2 Å². The largest absolute Gasteiger partial charge is 0.507 e. The molecule has 2 aromatic carbocycles. The number of nitrogens with one attached hydrogen (secondary N) is 1. The van der Waals surface area contributed by atoms with E-state index in [-0.39, 0.29) is 23.8 Å². The lowest BCUT2D eigenvalue weighted by Gasteiger charge is -2.11. The fourth-order valence-electron chi connectivity index (χ4n) is 1.89. The number of carbonyl (C=O) groups is 1. The van der Waals surface area contributed by atoms with E-state index in [2.05, 4.69) is 5.32 Å². The molecule has 20 heavy (non-hydrogen) atoms. The van der Waals surface area contributed by atoms with Gasteiger partial charge in [-0.2, -0.15) is 0 Å². The molecule has 0 spiro atoms. The van der Waals surface area contributed by atoms with Crippen molar-refractivity contribution in [2.45, 2.75) is 13.5 Å². The minimum Gasteiger partial charge on any atom is -0.507 e. The highest BCUT2D eigenvalue weighted by molar-refractivity contribution is 6.35. The molecule has 0 fully saturated rings. The number of benzene rings is 2. The summed E-state index contributed by atoms with van der Waals surface area (Å²) in [6.45, 7) is 2.15. The van der Waals surface area contributed by atoms with Gasteiger partial charge in [0, 0.05) is 16.6 Å². The minimum absolute atomic E-state index is 0.0519. The van der Waals surface area contributed by atoms with E-state index in [1.165, 1.54) is 6.07 Å². The number of para-hydroxylation sites is 1. The van der Waals surface area contributed by atoms with Crippen molar-refractivity contribution in [1.82, 2.24) is 5.32 Å². The van der Waals surface area contributed by atoms with Gasteiger partial charge in [-0.3, -0.25) is 4.79 Å². The fourth-order valence-corrected chi connectivity index (χ4v) is 2.55. The van der Waals surface area contributed by atoms with Crippen LogP contribution in [-0.2, 0) is 6.54 Å². The van der Waals surface area contributed by atoms with Gasteiger partial charge in [-0.25, -0.2) is 0 Å². The highest BCUT2D eigenvalue weighted by Gasteiger charge is 2.12. The van der Waals surface area contributed by atoms with Crippen molar-refractivity contribution >= 4 is 29.1 Å². The third-order valence-electron chi connectivity index (χ3n) is 2.96. The number of phenols is 1. The first-order valence-electron chi connectivity index (χ1n) is 5.99. The van der Waals surface area contributed by atoms with E-state index in [1.54, 1.807) is 30.3 Å². The van der Waals surface area contributed by atoms with E-state index in [4.69, 9.17) is 23.2 Å². The summed E-state index contributed by atoms with van der Waals surface area (Å²) in [5.41, 5.74) is 1.94. The Morgan fingerprint density at radius 2 is 1.95 bits per heavy atom. The quantitative estimate of drug-likeness (QED) is 0.902. The van der Waals surface area contributed by atoms with Crippen LogP contribution in [0.5, 0.6) is 5.75 Å². The van der Waals surface area contributed by atoms with Gasteiger partial charge in [-0.05, 0) is 42.3 Å². The predicted octanol–water partition coefficient (Wildman–Crippen LogP) is 3.94. The number of aromatic hydroxyl groups is 1. The first-order chi connectivity index (χ1) is 9.49. The molecule has 104 valence electrons. The second-order valence-electron chi connectivity index (χ2n) is 4.38. The Morgan fingerprint density at radius 3 is 2.60 bits per heavy atom. The third kappa shape index (κ3) is 3.24. The van der Waals surface area contributed by atoms with Crippen LogP contribution in [0.1, 0.15) is 21.5 Å². The Kier molecular flexibility index (Phi) is 4.53. The molecule has 0 radical (unpaired) electrons. The number of amides is 1. The third-order valence-corrected chi connectivity index (χ3v) is 3.51. The molecule has 2 rings (SSSR count). The first kappa shape index (κ1) is 14.7. The Hall–Kier alpha value is -1.71. The molecule has 0 atom stereocenters. The molecule has 0 aliphatic carbocycles. The summed E-state index contributed by atoms with van der Waals surface area (Å²) in [5, 5.41) is 13.4. The lowest BCUT2D eigenvalue weighted by Crippen LogP contribution is -2.23. The summed E-state index contributed by atoms with van der Waals surface area (Å²) in [4.78, 5) is 12.0. The lowest BCUT2D eigenvalue weighted by atomic mass is 10.1. The normalized spacial score (nSPS) is 10.3. The molecule has 3 nitrogen and oxygen atoms in total. The molecule has 0 aliphatic heterocycles. The number of aryl methyl sites for hydroxylation is 1. The molecule has 0 unspecified atom stereocenters. The number of carbonyl (C=O) groups excluding carboxylic acids is 1. The molecule has 0 aliphatic rings. The maximum absolute atomic E-state index is 12.0. The molecule has 5 heteroatoms. The summed E-state index contributed by atoms with van der Waals surface area (Å²) in [6, 6.07) is 9.80.